The van der Waals surface area contributed by atoms with E-state index in [0.29, 0.717) is 5.69 Å². The molecule has 1 aromatic rings. The maximum Gasteiger partial charge on any atom is 0.387 e. The summed E-state index contributed by atoms with van der Waals surface area (Å²) >= 11 is 5.41. The predicted molar refractivity (Wildman–Crippen MR) is 63.6 cm³/mol. The van der Waals surface area contributed by atoms with Gasteiger partial charge in [-0.15, -0.1) is 11.6 Å². The standard InChI is InChI=1S/C11H12ClF2NO3/c1-17-8-3-2-7(15-10(16)4-5-12)6-9(8)18-11(13)14/h2-3,6,11H,4-5H2,1H3,(H,15,16). The van der Waals surface area contributed by atoms with Gasteiger partial charge < -0.3 is 14.8 Å². The lowest BCUT2D eigenvalue weighted by atomic mass is 10.2. The fourth-order valence-corrected chi connectivity index (χ4v) is 1.42. The summed E-state index contributed by atoms with van der Waals surface area (Å²) < 4.78 is 33.5. The fraction of sp³-hybridized carbons (Fsp3) is 0.364. The molecule has 0 aliphatic carbocycles. The Kier molecular flexibility index (Phi) is 5.64. The number of alkyl halides is 3. The number of halogens is 3. The van der Waals surface area contributed by atoms with Gasteiger partial charge in [-0.3, -0.25) is 4.79 Å². The molecule has 1 N–H and O–H groups in total. The van der Waals surface area contributed by atoms with E-state index in [4.69, 9.17) is 16.3 Å². The summed E-state index contributed by atoms with van der Waals surface area (Å²) in [4.78, 5) is 11.3. The van der Waals surface area contributed by atoms with Crippen molar-refractivity contribution in [3.05, 3.63) is 18.2 Å². The number of ether oxygens (including phenoxy) is 2. The summed E-state index contributed by atoms with van der Waals surface area (Å²) in [5.41, 5.74) is 0.335. The first kappa shape index (κ1) is 14.5. The lowest BCUT2D eigenvalue weighted by Crippen LogP contribution is -2.12. The van der Waals surface area contributed by atoms with Crippen molar-refractivity contribution in [1.29, 1.82) is 0 Å². The molecular weight excluding hydrogens is 268 g/mol. The Balaban J connectivity index is 2.85. The fourth-order valence-electron chi connectivity index (χ4n) is 1.25. The van der Waals surface area contributed by atoms with Gasteiger partial charge in [0.1, 0.15) is 0 Å². The van der Waals surface area contributed by atoms with Gasteiger partial charge in [0.2, 0.25) is 5.91 Å². The number of carbonyl (C=O) groups is 1. The van der Waals surface area contributed by atoms with Crippen LogP contribution in [-0.4, -0.2) is 25.5 Å². The number of nitrogens with one attached hydrogen (secondary N) is 1. The Morgan fingerprint density at radius 1 is 1.44 bits per heavy atom. The molecule has 0 saturated carbocycles. The van der Waals surface area contributed by atoms with E-state index in [1.54, 1.807) is 0 Å². The van der Waals surface area contributed by atoms with Crippen LogP contribution in [0.25, 0.3) is 0 Å². The van der Waals surface area contributed by atoms with Gasteiger partial charge in [-0.25, -0.2) is 0 Å². The molecule has 100 valence electrons. The summed E-state index contributed by atoms with van der Waals surface area (Å²) in [5, 5.41) is 2.50. The third-order valence-corrected chi connectivity index (χ3v) is 2.17. The largest absolute Gasteiger partial charge is 0.493 e. The summed E-state index contributed by atoms with van der Waals surface area (Å²) in [7, 11) is 1.33. The van der Waals surface area contributed by atoms with Gasteiger partial charge in [0.05, 0.1) is 7.11 Å². The van der Waals surface area contributed by atoms with Crippen LogP contribution in [-0.2, 0) is 4.79 Å². The van der Waals surface area contributed by atoms with Crippen molar-refractivity contribution >= 4 is 23.2 Å². The van der Waals surface area contributed by atoms with E-state index in [0.717, 1.165) is 0 Å². The molecule has 0 radical (unpaired) electrons. The van der Waals surface area contributed by atoms with Crippen LogP contribution in [0.5, 0.6) is 11.5 Å². The second kappa shape index (κ2) is 7.00. The van der Waals surface area contributed by atoms with E-state index in [-0.39, 0.29) is 29.7 Å². The quantitative estimate of drug-likeness (QED) is 0.815. The lowest BCUT2D eigenvalue weighted by Gasteiger charge is -2.12. The van der Waals surface area contributed by atoms with Gasteiger partial charge in [0, 0.05) is 24.1 Å². The van der Waals surface area contributed by atoms with Crippen LogP contribution in [0.3, 0.4) is 0 Å². The van der Waals surface area contributed by atoms with E-state index in [1.807, 2.05) is 0 Å². The number of rotatable bonds is 6. The maximum atomic E-state index is 12.2. The Labute approximate surface area is 108 Å². The van der Waals surface area contributed by atoms with E-state index in [1.165, 1.54) is 25.3 Å². The van der Waals surface area contributed by atoms with E-state index < -0.39 is 6.61 Å². The molecule has 0 heterocycles. The van der Waals surface area contributed by atoms with Crippen LogP contribution >= 0.6 is 11.6 Å². The Morgan fingerprint density at radius 3 is 2.72 bits per heavy atom. The van der Waals surface area contributed by atoms with Crippen molar-refractivity contribution in [1.82, 2.24) is 0 Å². The van der Waals surface area contributed by atoms with Gasteiger partial charge in [0.25, 0.3) is 0 Å². The number of methoxy groups -OCH3 is 1. The second-order valence-electron chi connectivity index (χ2n) is 3.23. The second-order valence-corrected chi connectivity index (χ2v) is 3.61. The number of carbonyl (C=O) groups excluding carboxylic acids is 1. The molecule has 0 aliphatic heterocycles. The Morgan fingerprint density at radius 2 is 2.17 bits per heavy atom. The summed E-state index contributed by atoms with van der Waals surface area (Å²) in [6, 6.07) is 4.20. The maximum absolute atomic E-state index is 12.2. The summed E-state index contributed by atoms with van der Waals surface area (Å²) in [6.45, 7) is -2.97. The van der Waals surface area contributed by atoms with Crippen LogP contribution in [0.2, 0.25) is 0 Å². The van der Waals surface area contributed by atoms with Gasteiger partial charge >= 0.3 is 6.61 Å². The molecule has 1 aromatic carbocycles. The van der Waals surface area contributed by atoms with Crippen molar-refractivity contribution in [2.45, 2.75) is 13.0 Å². The van der Waals surface area contributed by atoms with Gasteiger partial charge in [-0.1, -0.05) is 0 Å². The minimum Gasteiger partial charge on any atom is -0.493 e. The van der Waals surface area contributed by atoms with Gasteiger partial charge in [0.15, 0.2) is 11.5 Å². The first-order valence-corrected chi connectivity index (χ1v) is 5.59. The molecule has 7 heteroatoms. The SMILES string of the molecule is COc1ccc(NC(=O)CCCl)cc1OC(F)F. The average molecular weight is 280 g/mol. The number of hydrogen-bond donors (Lipinski definition) is 1. The van der Waals surface area contributed by atoms with Crippen LogP contribution < -0.4 is 14.8 Å². The monoisotopic (exact) mass is 279 g/mol. The van der Waals surface area contributed by atoms with Gasteiger partial charge in [-0.05, 0) is 12.1 Å². The van der Waals surface area contributed by atoms with Crippen molar-refractivity contribution in [2.75, 3.05) is 18.3 Å². The van der Waals surface area contributed by atoms with E-state index in [2.05, 4.69) is 10.1 Å². The molecule has 0 spiro atoms. The molecule has 0 aromatic heterocycles. The molecule has 0 fully saturated rings. The van der Waals surface area contributed by atoms with Crippen molar-refractivity contribution in [2.24, 2.45) is 0 Å². The third kappa shape index (κ3) is 4.37. The predicted octanol–water partition coefficient (Wildman–Crippen LogP) is 2.86. The first-order valence-electron chi connectivity index (χ1n) is 5.05. The van der Waals surface area contributed by atoms with E-state index >= 15 is 0 Å². The molecule has 0 saturated heterocycles. The molecule has 1 rings (SSSR count). The number of anilines is 1. The molecule has 0 aliphatic rings. The molecular formula is C11H12ClF2NO3. The van der Waals surface area contributed by atoms with Crippen LogP contribution in [0, 0.1) is 0 Å². The summed E-state index contributed by atoms with van der Waals surface area (Å²) in [6.07, 6.45) is 0.138. The Hall–Kier alpha value is -1.56. The zero-order valence-electron chi connectivity index (χ0n) is 9.58. The van der Waals surface area contributed by atoms with Crippen LogP contribution in [0.1, 0.15) is 6.42 Å². The number of benzene rings is 1. The van der Waals surface area contributed by atoms with Crippen LogP contribution in [0.15, 0.2) is 18.2 Å². The Bertz CT molecular complexity index is 415. The zero-order chi connectivity index (χ0) is 13.5. The molecule has 0 atom stereocenters. The minimum absolute atomic E-state index is 0.138. The van der Waals surface area contributed by atoms with Crippen molar-refractivity contribution in [3.8, 4) is 11.5 Å². The van der Waals surface area contributed by atoms with Gasteiger partial charge in [-0.2, -0.15) is 8.78 Å². The third-order valence-electron chi connectivity index (χ3n) is 1.98. The highest BCUT2D eigenvalue weighted by Gasteiger charge is 2.12. The minimum atomic E-state index is -2.97. The van der Waals surface area contributed by atoms with E-state index in [9.17, 15) is 13.6 Å². The average Bonchev–Trinajstić information content (AvgIpc) is 2.28. The molecule has 1 amide bonds. The topological polar surface area (TPSA) is 47.6 Å². The molecule has 0 bridgehead atoms. The number of amides is 1. The zero-order valence-corrected chi connectivity index (χ0v) is 10.3. The highest BCUT2D eigenvalue weighted by atomic mass is 35.5. The van der Waals surface area contributed by atoms with Crippen molar-refractivity contribution in [3.63, 3.8) is 0 Å². The highest BCUT2D eigenvalue weighted by Crippen LogP contribution is 2.31. The summed E-state index contributed by atoms with van der Waals surface area (Å²) in [5.74, 6) is -0.109. The smallest absolute Gasteiger partial charge is 0.387 e. The lowest BCUT2D eigenvalue weighted by molar-refractivity contribution is -0.115. The molecule has 0 unspecified atom stereocenters. The van der Waals surface area contributed by atoms with Crippen LogP contribution in [0.4, 0.5) is 14.5 Å². The first-order chi connectivity index (χ1) is 8.56. The molecule has 18 heavy (non-hydrogen) atoms. The van der Waals surface area contributed by atoms with Crippen molar-refractivity contribution < 1.29 is 23.0 Å². The highest BCUT2D eigenvalue weighted by molar-refractivity contribution is 6.19. The normalized spacial score (nSPS) is 10.3. The molecule has 4 nitrogen and oxygen atoms in total. The number of hydrogen-bond acceptors (Lipinski definition) is 3.